The molecule has 20 heavy (non-hydrogen) atoms. The van der Waals surface area contributed by atoms with E-state index in [9.17, 15) is 0 Å². The average molecular weight is 346 g/mol. The van der Waals surface area contributed by atoms with Crippen molar-refractivity contribution in [1.82, 2.24) is 5.32 Å². The fourth-order valence-electron chi connectivity index (χ4n) is 1.89. The highest BCUT2D eigenvalue weighted by Crippen LogP contribution is 2.36. The predicted molar refractivity (Wildman–Crippen MR) is 84.7 cm³/mol. The zero-order valence-electron chi connectivity index (χ0n) is 12.5. The molecule has 0 unspecified atom stereocenters. The molecular formula is C15H24BrNO3. The van der Waals surface area contributed by atoms with E-state index in [2.05, 4.69) is 27.3 Å². The Kier molecular flexibility index (Phi) is 8.65. The van der Waals surface area contributed by atoms with Gasteiger partial charge in [0.15, 0.2) is 11.5 Å². The van der Waals surface area contributed by atoms with E-state index in [1.165, 1.54) is 5.56 Å². The van der Waals surface area contributed by atoms with E-state index in [-0.39, 0.29) is 0 Å². The Morgan fingerprint density at radius 3 is 2.65 bits per heavy atom. The van der Waals surface area contributed by atoms with Gasteiger partial charge in [-0.05, 0) is 59.9 Å². The predicted octanol–water partition coefficient (Wildman–Crippen LogP) is 3.37. The summed E-state index contributed by atoms with van der Waals surface area (Å²) in [6.45, 7) is 5.20. The van der Waals surface area contributed by atoms with Crippen LogP contribution in [0.2, 0.25) is 0 Å². The van der Waals surface area contributed by atoms with Gasteiger partial charge in [-0.3, -0.25) is 0 Å². The maximum Gasteiger partial charge on any atom is 0.175 e. The summed E-state index contributed by atoms with van der Waals surface area (Å²) in [6, 6.07) is 4.08. The maximum absolute atomic E-state index is 5.58. The van der Waals surface area contributed by atoms with E-state index in [4.69, 9.17) is 14.2 Å². The molecule has 4 nitrogen and oxygen atoms in total. The molecule has 0 heterocycles. The highest BCUT2D eigenvalue weighted by Gasteiger charge is 2.10. The minimum Gasteiger partial charge on any atom is -0.493 e. The van der Waals surface area contributed by atoms with E-state index >= 15 is 0 Å². The van der Waals surface area contributed by atoms with Gasteiger partial charge in [0.2, 0.25) is 0 Å². The van der Waals surface area contributed by atoms with Gasteiger partial charge in [0, 0.05) is 20.3 Å². The summed E-state index contributed by atoms with van der Waals surface area (Å²) in [4.78, 5) is 0. The normalized spacial score (nSPS) is 10.6. The molecule has 0 fully saturated rings. The Balaban J connectivity index is 2.52. The Bertz CT molecular complexity index is 399. The maximum atomic E-state index is 5.58. The summed E-state index contributed by atoms with van der Waals surface area (Å²) in [7, 11) is 3.39. The van der Waals surface area contributed by atoms with Crippen molar-refractivity contribution in [2.45, 2.75) is 26.3 Å². The van der Waals surface area contributed by atoms with Crippen LogP contribution in [0.1, 0.15) is 25.3 Å². The first-order chi connectivity index (χ1) is 9.72. The number of rotatable bonds is 10. The summed E-state index contributed by atoms with van der Waals surface area (Å²) in [5, 5.41) is 3.42. The molecule has 0 radical (unpaired) electrons. The first kappa shape index (κ1) is 17.3. The highest BCUT2D eigenvalue weighted by molar-refractivity contribution is 9.10. The molecule has 1 aromatic carbocycles. The Hall–Kier alpha value is -0.780. The molecule has 1 rings (SSSR count). The number of unbranched alkanes of at least 4 members (excludes halogenated alkanes) is 1. The zero-order chi connectivity index (χ0) is 14.8. The van der Waals surface area contributed by atoms with Gasteiger partial charge in [-0.1, -0.05) is 0 Å². The SMILES string of the molecule is CCOc1c(Br)cc(CNCCCCOC)cc1OC. The van der Waals surface area contributed by atoms with Crippen LogP contribution in [0.4, 0.5) is 0 Å². The number of halogens is 1. The molecule has 0 aliphatic carbocycles. The van der Waals surface area contributed by atoms with Crippen LogP contribution in [-0.2, 0) is 11.3 Å². The molecule has 0 atom stereocenters. The first-order valence-corrected chi connectivity index (χ1v) is 7.71. The van der Waals surface area contributed by atoms with Gasteiger partial charge in [-0.15, -0.1) is 0 Å². The van der Waals surface area contributed by atoms with Crippen molar-refractivity contribution in [3.05, 3.63) is 22.2 Å². The van der Waals surface area contributed by atoms with Crippen LogP contribution < -0.4 is 14.8 Å². The van der Waals surface area contributed by atoms with E-state index in [0.29, 0.717) is 6.61 Å². The van der Waals surface area contributed by atoms with E-state index < -0.39 is 0 Å². The van der Waals surface area contributed by atoms with Gasteiger partial charge in [0.1, 0.15) is 0 Å². The van der Waals surface area contributed by atoms with E-state index in [1.54, 1.807) is 14.2 Å². The lowest BCUT2D eigenvalue weighted by atomic mass is 10.2. The molecule has 0 amide bonds. The van der Waals surface area contributed by atoms with Crippen LogP contribution in [0.5, 0.6) is 11.5 Å². The van der Waals surface area contributed by atoms with Crippen LogP contribution in [0.25, 0.3) is 0 Å². The third-order valence-electron chi connectivity index (χ3n) is 2.86. The van der Waals surface area contributed by atoms with Crippen molar-refractivity contribution in [3.63, 3.8) is 0 Å². The van der Waals surface area contributed by atoms with Gasteiger partial charge in [-0.2, -0.15) is 0 Å². The third kappa shape index (κ3) is 5.69. The largest absolute Gasteiger partial charge is 0.493 e. The van der Waals surface area contributed by atoms with Gasteiger partial charge in [-0.25, -0.2) is 0 Å². The van der Waals surface area contributed by atoms with Crippen LogP contribution in [-0.4, -0.2) is 34.0 Å². The lowest BCUT2D eigenvalue weighted by Crippen LogP contribution is -2.15. The molecule has 0 aromatic heterocycles. The molecule has 114 valence electrons. The molecule has 0 bridgehead atoms. The van der Waals surface area contributed by atoms with Crippen molar-refractivity contribution >= 4 is 15.9 Å². The Morgan fingerprint density at radius 2 is 2.00 bits per heavy atom. The average Bonchev–Trinajstić information content (AvgIpc) is 2.45. The second-order valence-electron chi connectivity index (χ2n) is 4.42. The van der Waals surface area contributed by atoms with Gasteiger partial charge >= 0.3 is 0 Å². The fourth-order valence-corrected chi connectivity index (χ4v) is 2.49. The Morgan fingerprint density at radius 1 is 1.20 bits per heavy atom. The Labute approximate surface area is 129 Å². The molecule has 1 aromatic rings. The van der Waals surface area contributed by atoms with E-state index in [0.717, 1.165) is 48.5 Å². The summed E-state index contributed by atoms with van der Waals surface area (Å²) in [5.41, 5.74) is 1.17. The fraction of sp³-hybridized carbons (Fsp3) is 0.600. The smallest absolute Gasteiger partial charge is 0.175 e. The van der Waals surface area contributed by atoms with Crippen molar-refractivity contribution in [2.75, 3.05) is 34.0 Å². The van der Waals surface area contributed by atoms with E-state index in [1.807, 2.05) is 13.0 Å². The molecule has 0 saturated heterocycles. The molecule has 0 saturated carbocycles. The van der Waals surface area contributed by atoms with Gasteiger partial charge in [0.25, 0.3) is 0 Å². The van der Waals surface area contributed by atoms with Crippen LogP contribution in [0, 0.1) is 0 Å². The first-order valence-electron chi connectivity index (χ1n) is 6.91. The molecule has 5 heteroatoms. The summed E-state index contributed by atoms with van der Waals surface area (Å²) in [6.07, 6.45) is 2.20. The van der Waals surface area contributed by atoms with Crippen molar-refractivity contribution in [2.24, 2.45) is 0 Å². The lowest BCUT2D eigenvalue weighted by Gasteiger charge is -2.13. The summed E-state index contributed by atoms with van der Waals surface area (Å²) in [5.74, 6) is 1.52. The van der Waals surface area contributed by atoms with Crippen LogP contribution in [0.15, 0.2) is 16.6 Å². The molecule has 0 spiro atoms. The number of benzene rings is 1. The quantitative estimate of drug-likeness (QED) is 0.660. The van der Waals surface area contributed by atoms with Crippen LogP contribution in [0.3, 0.4) is 0 Å². The molecule has 1 N–H and O–H groups in total. The molecule has 0 aliphatic rings. The number of nitrogens with one attached hydrogen (secondary N) is 1. The second-order valence-corrected chi connectivity index (χ2v) is 5.27. The number of hydrogen-bond acceptors (Lipinski definition) is 4. The molecule has 0 aliphatic heterocycles. The van der Waals surface area contributed by atoms with Crippen molar-refractivity contribution < 1.29 is 14.2 Å². The minimum absolute atomic E-state index is 0.617. The molecular weight excluding hydrogens is 322 g/mol. The van der Waals surface area contributed by atoms with Crippen molar-refractivity contribution in [3.8, 4) is 11.5 Å². The number of methoxy groups -OCH3 is 2. The number of hydrogen-bond donors (Lipinski definition) is 1. The topological polar surface area (TPSA) is 39.7 Å². The van der Waals surface area contributed by atoms with Crippen LogP contribution >= 0.6 is 15.9 Å². The highest BCUT2D eigenvalue weighted by atomic mass is 79.9. The summed E-state index contributed by atoms with van der Waals surface area (Å²) < 4.78 is 16.9. The minimum atomic E-state index is 0.617. The lowest BCUT2D eigenvalue weighted by molar-refractivity contribution is 0.192. The third-order valence-corrected chi connectivity index (χ3v) is 3.45. The summed E-state index contributed by atoms with van der Waals surface area (Å²) >= 11 is 3.53. The monoisotopic (exact) mass is 345 g/mol. The van der Waals surface area contributed by atoms with Crippen molar-refractivity contribution in [1.29, 1.82) is 0 Å². The second kappa shape index (κ2) is 10.0. The van der Waals surface area contributed by atoms with Gasteiger partial charge < -0.3 is 19.5 Å². The van der Waals surface area contributed by atoms with Gasteiger partial charge in [0.05, 0.1) is 18.2 Å². The number of ether oxygens (including phenoxy) is 3. The zero-order valence-corrected chi connectivity index (χ0v) is 14.1. The standard InChI is InChI=1S/C15H24BrNO3/c1-4-20-15-13(16)9-12(10-14(15)19-3)11-17-7-5-6-8-18-2/h9-10,17H,4-8,11H2,1-3H3.